The van der Waals surface area contributed by atoms with Crippen LogP contribution in [0.2, 0.25) is 0 Å². The summed E-state index contributed by atoms with van der Waals surface area (Å²) in [6.07, 6.45) is 0.120. The van der Waals surface area contributed by atoms with Gasteiger partial charge in [-0.1, -0.05) is 44.2 Å². The van der Waals surface area contributed by atoms with Crippen LogP contribution in [0.1, 0.15) is 38.7 Å². The SMILES string of the molecule is CCC(CC)(CC(=O)O)NC(=O)C(F)(F)c1ccccc1. The Hall–Kier alpha value is -1.98. The van der Waals surface area contributed by atoms with Gasteiger partial charge < -0.3 is 10.4 Å². The number of benzene rings is 1. The van der Waals surface area contributed by atoms with Gasteiger partial charge in [0.2, 0.25) is 0 Å². The number of carboxylic acid groups (broad SMARTS) is 1. The number of carbonyl (C=O) groups is 2. The van der Waals surface area contributed by atoms with Gasteiger partial charge in [0.25, 0.3) is 5.91 Å². The second kappa shape index (κ2) is 6.65. The Balaban J connectivity index is 2.99. The van der Waals surface area contributed by atoms with E-state index in [1.54, 1.807) is 19.9 Å². The Labute approximate surface area is 122 Å². The molecule has 0 aliphatic carbocycles. The third-order valence-electron chi connectivity index (χ3n) is 3.64. The highest BCUT2D eigenvalue weighted by molar-refractivity contribution is 5.86. The number of aliphatic carboxylic acids is 1. The van der Waals surface area contributed by atoms with Gasteiger partial charge in [-0.2, -0.15) is 8.78 Å². The molecule has 1 rings (SSSR count). The third kappa shape index (κ3) is 4.00. The third-order valence-corrected chi connectivity index (χ3v) is 3.64. The number of amides is 1. The van der Waals surface area contributed by atoms with E-state index in [2.05, 4.69) is 5.32 Å². The highest BCUT2D eigenvalue weighted by Gasteiger charge is 2.44. The van der Waals surface area contributed by atoms with E-state index in [0.29, 0.717) is 0 Å². The van der Waals surface area contributed by atoms with E-state index in [0.717, 1.165) is 12.1 Å². The van der Waals surface area contributed by atoms with Crippen molar-refractivity contribution >= 4 is 11.9 Å². The molecular formula is C15H19F2NO3. The molecule has 1 aromatic rings. The second-order valence-electron chi connectivity index (χ2n) is 4.95. The predicted octanol–water partition coefficient (Wildman–Crippen LogP) is 2.93. The summed E-state index contributed by atoms with van der Waals surface area (Å²) in [4.78, 5) is 22.8. The molecule has 0 aliphatic rings. The quantitative estimate of drug-likeness (QED) is 0.813. The van der Waals surface area contributed by atoms with Crippen molar-refractivity contribution in [3.8, 4) is 0 Å². The number of nitrogens with one attached hydrogen (secondary N) is 1. The van der Waals surface area contributed by atoms with Crippen molar-refractivity contribution in [1.82, 2.24) is 5.32 Å². The minimum Gasteiger partial charge on any atom is -0.481 e. The van der Waals surface area contributed by atoms with E-state index >= 15 is 0 Å². The van der Waals surface area contributed by atoms with Crippen LogP contribution < -0.4 is 5.32 Å². The molecule has 116 valence electrons. The molecule has 6 heteroatoms. The summed E-state index contributed by atoms with van der Waals surface area (Å²) in [7, 11) is 0. The Morgan fingerprint density at radius 1 is 1.14 bits per heavy atom. The van der Waals surface area contributed by atoms with Crippen LogP contribution in [-0.2, 0) is 15.5 Å². The first-order chi connectivity index (χ1) is 9.77. The predicted molar refractivity (Wildman–Crippen MR) is 74.0 cm³/mol. The Morgan fingerprint density at radius 2 is 1.67 bits per heavy atom. The number of carbonyl (C=O) groups excluding carboxylic acids is 1. The van der Waals surface area contributed by atoms with Gasteiger partial charge in [-0.15, -0.1) is 0 Å². The van der Waals surface area contributed by atoms with Gasteiger partial charge in [-0.05, 0) is 12.8 Å². The number of hydrogen-bond donors (Lipinski definition) is 2. The zero-order valence-electron chi connectivity index (χ0n) is 12.0. The molecule has 0 fully saturated rings. The summed E-state index contributed by atoms with van der Waals surface area (Å²) in [5.74, 6) is -6.31. The molecule has 4 nitrogen and oxygen atoms in total. The van der Waals surface area contributed by atoms with Crippen LogP contribution in [0.4, 0.5) is 8.78 Å². The lowest BCUT2D eigenvalue weighted by molar-refractivity contribution is -0.150. The van der Waals surface area contributed by atoms with Gasteiger partial charge in [0, 0.05) is 5.56 Å². The highest BCUT2D eigenvalue weighted by Crippen LogP contribution is 2.30. The number of rotatable bonds is 7. The van der Waals surface area contributed by atoms with Crippen molar-refractivity contribution in [1.29, 1.82) is 0 Å². The average Bonchev–Trinajstić information content (AvgIpc) is 2.46. The van der Waals surface area contributed by atoms with E-state index in [1.165, 1.54) is 12.1 Å². The smallest absolute Gasteiger partial charge is 0.349 e. The first-order valence-corrected chi connectivity index (χ1v) is 6.75. The summed E-state index contributed by atoms with van der Waals surface area (Å²) in [6, 6.07) is 6.73. The van der Waals surface area contributed by atoms with Gasteiger partial charge in [-0.25, -0.2) is 0 Å². The summed E-state index contributed by atoms with van der Waals surface area (Å²) in [5, 5.41) is 11.1. The number of alkyl halides is 2. The maximum atomic E-state index is 14.1. The van der Waals surface area contributed by atoms with Crippen LogP contribution in [0.5, 0.6) is 0 Å². The minimum absolute atomic E-state index is 0.256. The van der Waals surface area contributed by atoms with Crippen LogP contribution in [-0.4, -0.2) is 22.5 Å². The van der Waals surface area contributed by atoms with Gasteiger partial charge in [0.15, 0.2) is 0 Å². The maximum Gasteiger partial charge on any atom is 0.349 e. The fraction of sp³-hybridized carbons (Fsp3) is 0.467. The molecule has 1 aromatic carbocycles. The van der Waals surface area contributed by atoms with Crippen molar-refractivity contribution in [2.24, 2.45) is 0 Å². The normalized spacial score (nSPS) is 12.0. The molecule has 2 N–H and O–H groups in total. The molecule has 0 atom stereocenters. The minimum atomic E-state index is -3.70. The Bertz CT molecular complexity index is 499. The zero-order chi connectivity index (χ0) is 16.1. The summed E-state index contributed by atoms with van der Waals surface area (Å²) >= 11 is 0. The largest absolute Gasteiger partial charge is 0.481 e. The molecule has 0 aliphatic heterocycles. The van der Waals surface area contributed by atoms with Gasteiger partial charge >= 0.3 is 11.9 Å². The van der Waals surface area contributed by atoms with E-state index in [-0.39, 0.29) is 12.8 Å². The highest BCUT2D eigenvalue weighted by atomic mass is 19.3. The molecule has 0 bridgehead atoms. The van der Waals surface area contributed by atoms with Gasteiger partial charge in [0.05, 0.1) is 12.0 Å². The van der Waals surface area contributed by atoms with Crippen molar-refractivity contribution < 1.29 is 23.5 Å². The van der Waals surface area contributed by atoms with E-state index in [4.69, 9.17) is 5.11 Å². The van der Waals surface area contributed by atoms with Crippen LogP contribution in [0.3, 0.4) is 0 Å². The molecule has 1 amide bonds. The molecule has 0 aromatic heterocycles. The van der Waals surface area contributed by atoms with Crippen molar-refractivity contribution in [3.63, 3.8) is 0 Å². The van der Waals surface area contributed by atoms with E-state index < -0.39 is 35.3 Å². The fourth-order valence-corrected chi connectivity index (χ4v) is 2.11. The van der Waals surface area contributed by atoms with Crippen LogP contribution >= 0.6 is 0 Å². The molecule has 0 spiro atoms. The molecule has 0 radical (unpaired) electrons. The van der Waals surface area contributed by atoms with Crippen molar-refractivity contribution in [3.05, 3.63) is 35.9 Å². The molecule has 21 heavy (non-hydrogen) atoms. The average molecular weight is 299 g/mol. The molecule has 0 saturated heterocycles. The number of carboxylic acids is 1. The Kier molecular flexibility index (Phi) is 5.41. The standard InChI is InChI=1S/C15H19F2NO3/c1-3-14(4-2,10-12(19)20)18-13(21)15(16,17)11-8-6-5-7-9-11/h5-9H,3-4,10H2,1-2H3,(H,18,21)(H,19,20). The molecular weight excluding hydrogens is 280 g/mol. The Morgan fingerprint density at radius 3 is 2.10 bits per heavy atom. The van der Waals surface area contributed by atoms with Gasteiger partial charge in [0.1, 0.15) is 0 Å². The van der Waals surface area contributed by atoms with Crippen LogP contribution in [0, 0.1) is 0 Å². The van der Waals surface area contributed by atoms with Crippen molar-refractivity contribution in [2.75, 3.05) is 0 Å². The second-order valence-corrected chi connectivity index (χ2v) is 4.95. The van der Waals surface area contributed by atoms with E-state index in [1.807, 2.05) is 0 Å². The fourth-order valence-electron chi connectivity index (χ4n) is 2.11. The lowest BCUT2D eigenvalue weighted by Gasteiger charge is -2.33. The summed E-state index contributed by atoms with van der Waals surface area (Å²) in [6.45, 7) is 3.32. The molecule has 0 unspecified atom stereocenters. The van der Waals surface area contributed by atoms with Crippen LogP contribution in [0.25, 0.3) is 0 Å². The number of halogens is 2. The zero-order valence-corrected chi connectivity index (χ0v) is 12.0. The molecule has 0 saturated carbocycles. The lowest BCUT2D eigenvalue weighted by atomic mass is 9.88. The summed E-state index contributed by atoms with van der Waals surface area (Å²) < 4.78 is 28.3. The van der Waals surface area contributed by atoms with Gasteiger partial charge in [-0.3, -0.25) is 9.59 Å². The van der Waals surface area contributed by atoms with Crippen LogP contribution in [0.15, 0.2) is 30.3 Å². The molecule has 0 heterocycles. The number of hydrogen-bond acceptors (Lipinski definition) is 2. The topological polar surface area (TPSA) is 66.4 Å². The first-order valence-electron chi connectivity index (χ1n) is 6.75. The van der Waals surface area contributed by atoms with E-state index in [9.17, 15) is 18.4 Å². The monoisotopic (exact) mass is 299 g/mol. The first kappa shape index (κ1) is 17.1. The maximum absolute atomic E-state index is 14.1. The summed E-state index contributed by atoms with van der Waals surface area (Å²) in [5.41, 5.74) is -1.58. The van der Waals surface area contributed by atoms with Crippen molar-refractivity contribution in [2.45, 2.75) is 44.6 Å². The lowest BCUT2D eigenvalue weighted by Crippen LogP contribution is -2.53.